The van der Waals surface area contributed by atoms with Crippen molar-refractivity contribution in [2.45, 2.75) is 17.7 Å². The van der Waals surface area contributed by atoms with Crippen LogP contribution in [0.5, 0.6) is 0 Å². The lowest BCUT2D eigenvalue weighted by atomic mass is 10.0. The zero-order valence-corrected chi connectivity index (χ0v) is 11.1. The molecule has 1 aromatic rings. The normalized spacial score (nSPS) is 12.9. The van der Waals surface area contributed by atoms with Crippen molar-refractivity contribution < 1.29 is 26.3 Å². The largest absolute Gasteiger partial charge is 0.417 e. The van der Waals surface area contributed by atoms with Gasteiger partial charge >= 0.3 is 12.4 Å². The van der Waals surface area contributed by atoms with Gasteiger partial charge < -0.3 is 0 Å². The molecule has 0 nitrogen and oxygen atoms in total. The second-order valence-corrected chi connectivity index (χ2v) is 4.49. The molecule has 0 heterocycles. The average molecular weight is 386 g/mol. The number of hydrogen-bond acceptors (Lipinski definition) is 0. The maximum Gasteiger partial charge on any atom is 0.417 e. The van der Waals surface area contributed by atoms with Crippen LogP contribution in [-0.2, 0) is 17.7 Å². The smallest absolute Gasteiger partial charge is 0.166 e. The molecular formula is C9H4Br2F6. The molecule has 0 unspecified atom stereocenters. The zero-order chi connectivity index (χ0) is 13.4. The van der Waals surface area contributed by atoms with E-state index in [0.717, 1.165) is 6.07 Å². The van der Waals surface area contributed by atoms with Gasteiger partial charge in [0.05, 0.1) is 11.1 Å². The molecule has 0 aliphatic rings. The van der Waals surface area contributed by atoms with E-state index in [2.05, 4.69) is 31.9 Å². The lowest BCUT2D eigenvalue weighted by Gasteiger charge is -2.18. The Morgan fingerprint density at radius 2 is 1.47 bits per heavy atom. The molecule has 0 amide bonds. The fourth-order valence-electron chi connectivity index (χ4n) is 1.33. The molecule has 0 aliphatic carbocycles. The molecule has 0 bridgehead atoms. The van der Waals surface area contributed by atoms with E-state index in [1.54, 1.807) is 0 Å². The van der Waals surface area contributed by atoms with Crippen LogP contribution in [0.4, 0.5) is 26.3 Å². The van der Waals surface area contributed by atoms with E-state index >= 15 is 0 Å². The van der Waals surface area contributed by atoms with E-state index in [1.165, 1.54) is 0 Å². The van der Waals surface area contributed by atoms with Gasteiger partial charge in [-0.3, -0.25) is 0 Å². The summed E-state index contributed by atoms with van der Waals surface area (Å²) in [6, 6.07) is 1.37. The van der Waals surface area contributed by atoms with Crippen LogP contribution in [0.25, 0.3) is 0 Å². The summed E-state index contributed by atoms with van der Waals surface area (Å²) >= 11 is 5.27. The van der Waals surface area contributed by atoms with E-state index in [1.807, 2.05) is 0 Å². The first-order valence-corrected chi connectivity index (χ1v) is 6.02. The number of halogens is 8. The van der Waals surface area contributed by atoms with Crippen molar-refractivity contribution in [2.75, 3.05) is 0 Å². The highest BCUT2D eigenvalue weighted by Gasteiger charge is 2.41. The van der Waals surface area contributed by atoms with Crippen LogP contribution in [-0.4, -0.2) is 0 Å². The Morgan fingerprint density at radius 3 is 1.82 bits per heavy atom. The van der Waals surface area contributed by atoms with Crippen molar-refractivity contribution in [1.82, 2.24) is 0 Å². The Bertz CT molecular complexity index is 421. The fourth-order valence-corrected chi connectivity index (χ4v) is 2.51. The third kappa shape index (κ3) is 3.15. The van der Waals surface area contributed by atoms with E-state index in [9.17, 15) is 26.3 Å². The Balaban J connectivity index is 3.60. The van der Waals surface area contributed by atoms with Crippen LogP contribution < -0.4 is 0 Å². The van der Waals surface area contributed by atoms with Gasteiger partial charge in [0.25, 0.3) is 0 Å². The molecule has 0 spiro atoms. The minimum Gasteiger partial charge on any atom is -0.166 e. The molecule has 1 rings (SSSR count). The maximum absolute atomic E-state index is 12.6. The average Bonchev–Trinajstić information content (AvgIpc) is 2.12. The lowest BCUT2D eigenvalue weighted by Crippen LogP contribution is -2.16. The van der Waals surface area contributed by atoms with Gasteiger partial charge in [0.2, 0.25) is 0 Å². The van der Waals surface area contributed by atoms with Gasteiger partial charge in [0, 0.05) is 9.80 Å². The molecule has 8 heteroatoms. The van der Waals surface area contributed by atoms with Gasteiger partial charge in [0.1, 0.15) is 0 Å². The Hall–Kier alpha value is -0.240. The first-order chi connectivity index (χ1) is 7.59. The van der Waals surface area contributed by atoms with Crippen molar-refractivity contribution in [3.05, 3.63) is 33.3 Å². The standard InChI is InChI=1S/C9H4Br2F6/c10-3-4-5(8(12,13)14)1-2-6(11)7(4)9(15,16)17/h1-2H,3H2. The number of alkyl halides is 7. The molecule has 0 fully saturated rings. The minimum atomic E-state index is -4.84. The fraction of sp³-hybridized carbons (Fsp3) is 0.333. The topological polar surface area (TPSA) is 0 Å². The molecule has 0 aromatic heterocycles. The monoisotopic (exact) mass is 384 g/mol. The second-order valence-electron chi connectivity index (χ2n) is 3.08. The molecule has 0 N–H and O–H groups in total. The van der Waals surface area contributed by atoms with Crippen molar-refractivity contribution in [3.8, 4) is 0 Å². The van der Waals surface area contributed by atoms with Crippen molar-refractivity contribution in [3.63, 3.8) is 0 Å². The molecule has 1 aromatic carbocycles. The molecule has 0 aliphatic heterocycles. The summed E-state index contributed by atoms with van der Waals surface area (Å²) in [5.74, 6) is 0. The highest BCUT2D eigenvalue weighted by atomic mass is 79.9. The number of hydrogen-bond donors (Lipinski definition) is 0. The van der Waals surface area contributed by atoms with E-state index in [-0.39, 0.29) is 0 Å². The van der Waals surface area contributed by atoms with Crippen LogP contribution in [0.3, 0.4) is 0 Å². The molecule has 0 saturated carbocycles. The summed E-state index contributed by atoms with van der Waals surface area (Å²) < 4.78 is 75.1. The van der Waals surface area contributed by atoms with Crippen LogP contribution in [0.15, 0.2) is 16.6 Å². The van der Waals surface area contributed by atoms with Gasteiger partial charge in [-0.15, -0.1) is 0 Å². The van der Waals surface area contributed by atoms with Crippen LogP contribution in [0, 0.1) is 0 Å². The Kier molecular flexibility index (Phi) is 4.18. The van der Waals surface area contributed by atoms with Gasteiger partial charge in [-0.1, -0.05) is 31.9 Å². The molecule has 96 valence electrons. The highest BCUT2D eigenvalue weighted by Crippen LogP contribution is 2.43. The van der Waals surface area contributed by atoms with Crippen LogP contribution in [0.2, 0.25) is 0 Å². The van der Waals surface area contributed by atoms with E-state index in [0.29, 0.717) is 6.07 Å². The van der Waals surface area contributed by atoms with Crippen molar-refractivity contribution in [2.24, 2.45) is 0 Å². The summed E-state index contributed by atoms with van der Waals surface area (Å²) in [5, 5.41) is -0.532. The quantitative estimate of drug-likeness (QED) is 0.449. The predicted octanol–water partition coefficient (Wildman–Crippen LogP) is 5.38. The predicted molar refractivity (Wildman–Crippen MR) is 56.8 cm³/mol. The highest BCUT2D eigenvalue weighted by molar-refractivity contribution is 9.10. The van der Waals surface area contributed by atoms with E-state index < -0.39 is 38.8 Å². The van der Waals surface area contributed by atoms with Gasteiger partial charge in [-0.25, -0.2) is 0 Å². The van der Waals surface area contributed by atoms with Gasteiger partial charge in [-0.2, -0.15) is 26.3 Å². The molecule has 0 radical (unpaired) electrons. The molecular weight excluding hydrogens is 382 g/mol. The summed E-state index contributed by atoms with van der Waals surface area (Å²) in [5.41, 5.74) is -3.41. The Labute approximate surface area is 109 Å². The molecule has 17 heavy (non-hydrogen) atoms. The summed E-state index contributed by atoms with van der Waals surface area (Å²) in [4.78, 5) is 0. The third-order valence-corrected chi connectivity index (χ3v) is 3.21. The van der Waals surface area contributed by atoms with Crippen LogP contribution >= 0.6 is 31.9 Å². The minimum absolute atomic E-state index is 0.410. The molecule has 0 atom stereocenters. The first-order valence-electron chi connectivity index (χ1n) is 4.10. The SMILES string of the molecule is FC(F)(F)c1ccc(Br)c(C(F)(F)F)c1CBr. The number of rotatable bonds is 1. The zero-order valence-electron chi connectivity index (χ0n) is 7.89. The van der Waals surface area contributed by atoms with Gasteiger partial charge in [0.15, 0.2) is 0 Å². The van der Waals surface area contributed by atoms with E-state index in [4.69, 9.17) is 0 Å². The lowest BCUT2D eigenvalue weighted by molar-refractivity contribution is -0.144. The van der Waals surface area contributed by atoms with Crippen molar-refractivity contribution in [1.29, 1.82) is 0 Å². The maximum atomic E-state index is 12.6. The van der Waals surface area contributed by atoms with Crippen molar-refractivity contribution >= 4 is 31.9 Å². The molecule has 0 saturated heterocycles. The van der Waals surface area contributed by atoms with Crippen LogP contribution in [0.1, 0.15) is 16.7 Å². The van der Waals surface area contributed by atoms with Gasteiger partial charge in [-0.05, 0) is 17.7 Å². The first kappa shape index (κ1) is 14.8. The Morgan fingerprint density at radius 1 is 0.941 bits per heavy atom. The second kappa shape index (κ2) is 4.79. The third-order valence-electron chi connectivity index (χ3n) is 1.98. The number of benzene rings is 1. The summed E-state index contributed by atoms with van der Waals surface area (Å²) in [6.45, 7) is 0. The summed E-state index contributed by atoms with van der Waals surface area (Å²) in [6.07, 6.45) is -9.66. The summed E-state index contributed by atoms with van der Waals surface area (Å²) in [7, 11) is 0.